The quantitative estimate of drug-likeness (QED) is 0.107. The number of esters is 1. The first-order valence-electron chi connectivity index (χ1n) is 12.6. The zero-order chi connectivity index (χ0) is 29.3. The van der Waals surface area contributed by atoms with Crippen LogP contribution in [-0.2, 0) is 20.9 Å². The van der Waals surface area contributed by atoms with Crippen LogP contribution in [0.25, 0.3) is 5.76 Å². The number of methoxy groups -OCH3 is 1. The number of amides is 1. The van der Waals surface area contributed by atoms with Gasteiger partial charge >= 0.3 is 11.9 Å². The van der Waals surface area contributed by atoms with Gasteiger partial charge in [0, 0.05) is 10.0 Å². The van der Waals surface area contributed by atoms with Gasteiger partial charge < -0.3 is 14.6 Å². The fraction of sp³-hybridized carbons (Fsp3) is 0.161. The monoisotopic (exact) mass is 632 g/mol. The number of hydrogen-bond acceptors (Lipinski definition) is 8. The van der Waals surface area contributed by atoms with Gasteiger partial charge in [-0.3, -0.25) is 14.5 Å². The Bertz CT molecular complexity index is 1680. The van der Waals surface area contributed by atoms with E-state index in [9.17, 15) is 19.5 Å². The minimum Gasteiger partial charge on any atom is -0.507 e. The van der Waals surface area contributed by atoms with E-state index in [2.05, 4.69) is 20.9 Å². The molecule has 208 valence electrons. The molecular weight excluding hydrogens is 608 g/mol. The summed E-state index contributed by atoms with van der Waals surface area (Å²) < 4.78 is 11.6. The van der Waals surface area contributed by atoms with Crippen molar-refractivity contribution < 1.29 is 29.0 Å². The zero-order valence-corrected chi connectivity index (χ0v) is 24.8. The fourth-order valence-corrected chi connectivity index (χ4v) is 5.83. The number of thiazole rings is 1. The van der Waals surface area contributed by atoms with Gasteiger partial charge in [0.05, 0.1) is 24.4 Å². The highest BCUT2D eigenvalue weighted by Crippen LogP contribution is 2.44. The normalized spacial score (nSPS) is 16.2. The van der Waals surface area contributed by atoms with Crippen molar-refractivity contribution in [2.75, 3.05) is 12.0 Å². The van der Waals surface area contributed by atoms with Crippen molar-refractivity contribution in [1.82, 2.24) is 4.98 Å². The van der Waals surface area contributed by atoms with Crippen molar-refractivity contribution in [2.45, 2.75) is 26.5 Å². The Labute approximate surface area is 249 Å². The smallest absolute Gasteiger partial charge is 0.350 e. The van der Waals surface area contributed by atoms with Crippen LogP contribution in [0.1, 0.15) is 43.7 Å². The molecule has 0 spiro atoms. The number of ether oxygens (including phenoxy) is 2. The third-order valence-corrected chi connectivity index (χ3v) is 8.44. The topological polar surface area (TPSA) is 106 Å². The van der Waals surface area contributed by atoms with Crippen LogP contribution < -0.4 is 9.64 Å². The summed E-state index contributed by atoms with van der Waals surface area (Å²) >= 11 is 4.36. The van der Waals surface area contributed by atoms with Crippen molar-refractivity contribution in [2.24, 2.45) is 0 Å². The Morgan fingerprint density at radius 1 is 1.02 bits per heavy atom. The van der Waals surface area contributed by atoms with E-state index >= 15 is 0 Å². The summed E-state index contributed by atoms with van der Waals surface area (Å²) in [6.07, 6.45) is 0. The lowest BCUT2D eigenvalue weighted by molar-refractivity contribution is -0.132. The fourth-order valence-electron chi connectivity index (χ4n) is 4.56. The van der Waals surface area contributed by atoms with Gasteiger partial charge in [0.1, 0.15) is 23.0 Å². The SMILES string of the molecule is COC(=O)c1sc(N2C(=O)C(=O)/C(=C(/O)c3ccc(OCc4ccccc4C)cc3)C2c2ccc(Br)cc2)nc1C. The van der Waals surface area contributed by atoms with Crippen molar-refractivity contribution in [3.05, 3.63) is 116 Å². The summed E-state index contributed by atoms with van der Waals surface area (Å²) in [6.45, 7) is 4.02. The van der Waals surface area contributed by atoms with Crippen molar-refractivity contribution >= 4 is 55.8 Å². The molecule has 2 heterocycles. The lowest BCUT2D eigenvalue weighted by Gasteiger charge is -2.23. The molecule has 1 amide bonds. The number of aliphatic hydroxyl groups excluding tert-OH is 1. The Morgan fingerprint density at radius 3 is 2.37 bits per heavy atom. The number of Topliss-reactive ketones (excluding diaryl/α,β-unsaturated/α-hetero) is 1. The van der Waals surface area contributed by atoms with Crippen LogP contribution in [0, 0.1) is 13.8 Å². The first-order chi connectivity index (χ1) is 19.7. The average Bonchev–Trinajstić information content (AvgIpc) is 3.48. The van der Waals surface area contributed by atoms with E-state index in [4.69, 9.17) is 9.47 Å². The van der Waals surface area contributed by atoms with E-state index in [-0.39, 0.29) is 21.3 Å². The summed E-state index contributed by atoms with van der Waals surface area (Å²) in [6, 6.07) is 20.7. The summed E-state index contributed by atoms with van der Waals surface area (Å²) in [4.78, 5) is 44.9. The molecule has 1 unspecified atom stereocenters. The van der Waals surface area contributed by atoms with Crippen molar-refractivity contribution in [3.8, 4) is 5.75 Å². The predicted molar refractivity (Wildman–Crippen MR) is 159 cm³/mol. The van der Waals surface area contributed by atoms with Gasteiger partial charge in [-0.25, -0.2) is 9.78 Å². The number of ketones is 1. The molecule has 1 aromatic heterocycles. The van der Waals surface area contributed by atoms with Gasteiger partial charge in [-0.15, -0.1) is 0 Å². The summed E-state index contributed by atoms with van der Waals surface area (Å²) in [7, 11) is 1.26. The van der Waals surface area contributed by atoms with Crippen LogP contribution in [-0.4, -0.2) is 34.9 Å². The van der Waals surface area contributed by atoms with Gasteiger partial charge in [0.15, 0.2) is 5.13 Å². The second-order valence-electron chi connectivity index (χ2n) is 9.36. The minimum atomic E-state index is -0.976. The number of nitrogens with zero attached hydrogens (tertiary/aromatic N) is 2. The molecule has 10 heteroatoms. The van der Waals surface area contributed by atoms with Gasteiger partial charge in [0.25, 0.3) is 5.78 Å². The van der Waals surface area contributed by atoms with Crippen LogP contribution in [0.2, 0.25) is 0 Å². The highest BCUT2D eigenvalue weighted by atomic mass is 79.9. The number of carbonyl (C=O) groups is 3. The van der Waals surface area contributed by atoms with E-state index in [1.165, 1.54) is 12.0 Å². The van der Waals surface area contributed by atoms with E-state index in [0.29, 0.717) is 29.2 Å². The minimum absolute atomic E-state index is 0.0848. The van der Waals surface area contributed by atoms with Crippen LogP contribution >= 0.6 is 27.3 Å². The number of carbonyl (C=O) groups excluding carboxylic acids is 3. The second kappa shape index (κ2) is 11.7. The number of aryl methyl sites for hydroxylation is 2. The van der Waals surface area contributed by atoms with Gasteiger partial charge in [-0.05, 0) is 66.9 Å². The number of benzene rings is 3. The molecule has 8 nitrogen and oxygen atoms in total. The average molecular weight is 634 g/mol. The Morgan fingerprint density at radius 2 is 1.71 bits per heavy atom. The summed E-state index contributed by atoms with van der Waals surface area (Å²) in [5.74, 6) is -2.05. The lowest BCUT2D eigenvalue weighted by Crippen LogP contribution is -2.29. The van der Waals surface area contributed by atoms with Gasteiger partial charge in [-0.2, -0.15) is 0 Å². The molecule has 1 aliphatic heterocycles. The van der Waals surface area contributed by atoms with Gasteiger partial charge in [0.2, 0.25) is 0 Å². The maximum atomic E-state index is 13.4. The third-order valence-electron chi connectivity index (χ3n) is 6.78. The highest BCUT2D eigenvalue weighted by molar-refractivity contribution is 9.10. The zero-order valence-electron chi connectivity index (χ0n) is 22.4. The number of halogens is 1. The standard InChI is InChI=1S/C31H25BrN2O6S/c1-17-6-4-5-7-21(17)16-40-23-14-10-20(11-15-23)26(35)24-25(19-8-12-22(32)13-9-19)34(29(37)27(24)36)31-33-18(2)28(41-31)30(38)39-3/h4-15,25,35H,16H2,1-3H3/b26-24+. The van der Waals surface area contributed by atoms with Crippen LogP contribution in [0.3, 0.4) is 0 Å². The molecule has 1 N–H and O–H groups in total. The molecular formula is C31H25BrN2O6S. The molecule has 0 bridgehead atoms. The number of aromatic nitrogens is 1. The Balaban J connectivity index is 1.53. The van der Waals surface area contributed by atoms with Crippen LogP contribution in [0.5, 0.6) is 5.75 Å². The lowest BCUT2D eigenvalue weighted by atomic mass is 9.95. The van der Waals surface area contributed by atoms with Crippen molar-refractivity contribution in [3.63, 3.8) is 0 Å². The van der Waals surface area contributed by atoms with E-state index in [1.54, 1.807) is 55.5 Å². The molecule has 1 atom stereocenters. The molecule has 4 aromatic rings. The number of aliphatic hydroxyl groups is 1. The molecule has 0 aliphatic carbocycles. The first-order valence-corrected chi connectivity index (χ1v) is 14.2. The molecule has 1 fully saturated rings. The number of rotatable bonds is 7. The van der Waals surface area contributed by atoms with E-state index in [0.717, 1.165) is 26.9 Å². The maximum absolute atomic E-state index is 13.4. The predicted octanol–water partition coefficient (Wildman–Crippen LogP) is 6.51. The molecule has 5 rings (SSSR count). The molecule has 0 radical (unpaired) electrons. The van der Waals surface area contributed by atoms with Crippen LogP contribution in [0.15, 0.2) is 82.8 Å². The van der Waals surface area contributed by atoms with E-state index in [1.807, 2.05) is 31.2 Å². The summed E-state index contributed by atoms with van der Waals surface area (Å²) in [5.41, 5.74) is 3.39. The number of anilines is 1. The van der Waals surface area contributed by atoms with Crippen molar-refractivity contribution in [1.29, 1.82) is 0 Å². The molecule has 41 heavy (non-hydrogen) atoms. The third kappa shape index (κ3) is 5.53. The molecule has 3 aromatic carbocycles. The Hall–Kier alpha value is -4.28. The highest BCUT2D eigenvalue weighted by Gasteiger charge is 2.48. The largest absolute Gasteiger partial charge is 0.507 e. The molecule has 1 aliphatic rings. The molecule has 1 saturated heterocycles. The van der Waals surface area contributed by atoms with Gasteiger partial charge in [-0.1, -0.05) is 63.7 Å². The number of hydrogen-bond donors (Lipinski definition) is 1. The maximum Gasteiger partial charge on any atom is 0.350 e. The van der Waals surface area contributed by atoms with E-state index < -0.39 is 23.7 Å². The Kier molecular flexibility index (Phi) is 8.05. The molecule has 0 saturated carbocycles. The second-order valence-corrected chi connectivity index (χ2v) is 11.3. The van der Waals surface area contributed by atoms with Crippen LogP contribution in [0.4, 0.5) is 5.13 Å². The summed E-state index contributed by atoms with van der Waals surface area (Å²) in [5, 5.41) is 11.6. The first kappa shape index (κ1) is 28.3.